The van der Waals surface area contributed by atoms with Crippen LogP contribution in [0, 0.1) is 0 Å². The van der Waals surface area contributed by atoms with E-state index < -0.39 is 0 Å². The van der Waals surface area contributed by atoms with Gasteiger partial charge in [-0.05, 0) is 58.7 Å². The maximum Gasteiger partial charge on any atom is 0.164 e. The standard InChI is InChI=1S/C46H29N5O/c1-3-11-29(12-4-1)33-15-9-16-35(27-33)45-49-44(31-13-5-2-6-14-31)50-46(51-45)36-17-10-20-41-42(36)37-28-34(25-26-40(37)52-41)30-21-23-32(24-22-30)43-47-38-18-7-8-19-39(38)48-43/h1-28H,(H,47,48). The summed E-state index contributed by atoms with van der Waals surface area (Å²) in [6.45, 7) is 0. The molecular formula is C46H29N5O. The molecule has 0 spiro atoms. The number of furan rings is 1. The molecule has 7 aromatic carbocycles. The van der Waals surface area contributed by atoms with E-state index in [0.717, 1.165) is 83.3 Å². The smallest absolute Gasteiger partial charge is 0.164 e. The van der Waals surface area contributed by atoms with E-state index in [2.05, 4.69) is 96.0 Å². The van der Waals surface area contributed by atoms with Gasteiger partial charge in [-0.3, -0.25) is 0 Å². The van der Waals surface area contributed by atoms with Crippen LogP contribution in [-0.4, -0.2) is 24.9 Å². The molecule has 10 aromatic rings. The normalized spacial score (nSPS) is 11.5. The van der Waals surface area contributed by atoms with Crippen molar-refractivity contribution in [3.05, 3.63) is 170 Å². The zero-order chi connectivity index (χ0) is 34.4. The molecule has 0 unspecified atom stereocenters. The molecule has 6 heteroatoms. The quantitative estimate of drug-likeness (QED) is 0.191. The number of hydrogen-bond donors (Lipinski definition) is 1. The highest BCUT2D eigenvalue weighted by Crippen LogP contribution is 2.39. The number of fused-ring (bicyclic) bond motifs is 4. The summed E-state index contributed by atoms with van der Waals surface area (Å²) < 4.78 is 6.42. The fourth-order valence-corrected chi connectivity index (χ4v) is 6.91. The van der Waals surface area contributed by atoms with Crippen molar-refractivity contribution in [1.29, 1.82) is 0 Å². The second-order valence-electron chi connectivity index (χ2n) is 12.8. The van der Waals surface area contributed by atoms with Crippen LogP contribution in [0.1, 0.15) is 0 Å². The maximum absolute atomic E-state index is 6.42. The Kier molecular flexibility index (Phi) is 7.03. The Balaban J connectivity index is 1.10. The number of rotatable bonds is 6. The number of H-pyrrole nitrogens is 1. The molecule has 0 aliphatic rings. The largest absolute Gasteiger partial charge is 0.456 e. The summed E-state index contributed by atoms with van der Waals surface area (Å²) in [5.74, 6) is 2.66. The summed E-state index contributed by atoms with van der Waals surface area (Å²) in [5, 5.41) is 1.96. The molecule has 0 aliphatic carbocycles. The van der Waals surface area contributed by atoms with Gasteiger partial charge in [0.25, 0.3) is 0 Å². The van der Waals surface area contributed by atoms with Crippen LogP contribution in [0.25, 0.3) is 101 Å². The number of aromatic nitrogens is 5. The lowest BCUT2D eigenvalue weighted by molar-refractivity contribution is 0.669. The van der Waals surface area contributed by atoms with Crippen LogP contribution < -0.4 is 0 Å². The van der Waals surface area contributed by atoms with Gasteiger partial charge in [-0.2, -0.15) is 0 Å². The van der Waals surface area contributed by atoms with Crippen LogP contribution in [0.3, 0.4) is 0 Å². The average Bonchev–Trinajstić information content (AvgIpc) is 3.83. The van der Waals surface area contributed by atoms with Gasteiger partial charge in [-0.25, -0.2) is 19.9 Å². The number of imidazole rings is 1. The van der Waals surface area contributed by atoms with E-state index in [1.54, 1.807) is 0 Å². The van der Waals surface area contributed by atoms with Crippen LogP contribution >= 0.6 is 0 Å². The first-order chi connectivity index (χ1) is 25.7. The highest BCUT2D eigenvalue weighted by atomic mass is 16.3. The van der Waals surface area contributed by atoms with Gasteiger partial charge >= 0.3 is 0 Å². The maximum atomic E-state index is 6.42. The number of para-hydroxylation sites is 2. The third-order valence-electron chi connectivity index (χ3n) is 9.51. The monoisotopic (exact) mass is 667 g/mol. The summed E-state index contributed by atoms with van der Waals surface area (Å²) in [6.07, 6.45) is 0. The molecular weight excluding hydrogens is 639 g/mol. The molecule has 6 nitrogen and oxygen atoms in total. The molecule has 1 N–H and O–H groups in total. The number of benzene rings is 7. The lowest BCUT2D eigenvalue weighted by Gasteiger charge is -2.10. The van der Waals surface area contributed by atoms with Gasteiger partial charge in [0.05, 0.1) is 11.0 Å². The minimum absolute atomic E-state index is 0.586. The molecule has 0 saturated carbocycles. The van der Waals surface area contributed by atoms with Crippen LogP contribution in [-0.2, 0) is 0 Å². The molecule has 244 valence electrons. The van der Waals surface area contributed by atoms with Crippen molar-refractivity contribution in [3.8, 4) is 67.8 Å². The van der Waals surface area contributed by atoms with Gasteiger partial charge in [-0.1, -0.05) is 133 Å². The van der Waals surface area contributed by atoms with E-state index in [9.17, 15) is 0 Å². The summed E-state index contributed by atoms with van der Waals surface area (Å²) in [5.41, 5.74) is 11.7. The van der Waals surface area contributed by atoms with Crippen LogP contribution in [0.2, 0.25) is 0 Å². The predicted molar refractivity (Wildman–Crippen MR) is 209 cm³/mol. The van der Waals surface area contributed by atoms with Gasteiger partial charge in [-0.15, -0.1) is 0 Å². The van der Waals surface area contributed by atoms with Crippen LogP contribution in [0.5, 0.6) is 0 Å². The number of hydrogen-bond acceptors (Lipinski definition) is 5. The first kappa shape index (κ1) is 29.7. The first-order valence-electron chi connectivity index (χ1n) is 17.2. The van der Waals surface area contributed by atoms with E-state index in [1.807, 2.05) is 78.9 Å². The minimum atomic E-state index is 0.586. The first-order valence-corrected chi connectivity index (χ1v) is 17.2. The highest BCUT2D eigenvalue weighted by molar-refractivity contribution is 6.12. The molecule has 3 aromatic heterocycles. The minimum Gasteiger partial charge on any atom is -0.456 e. The topological polar surface area (TPSA) is 80.5 Å². The fourth-order valence-electron chi connectivity index (χ4n) is 6.91. The molecule has 0 saturated heterocycles. The van der Waals surface area contributed by atoms with Gasteiger partial charge in [0, 0.05) is 33.0 Å². The molecule has 0 amide bonds. The highest BCUT2D eigenvalue weighted by Gasteiger charge is 2.19. The average molecular weight is 668 g/mol. The van der Waals surface area contributed by atoms with E-state index in [1.165, 1.54) is 0 Å². The van der Waals surface area contributed by atoms with Crippen molar-refractivity contribution in [1.82, 2.24) is 24.9 Å². The van der Waals surface area contributed by atoms with Crippen molar-refractivity contribution < 1.29 is 4.42 Å². The predicted octanol–water partition coefficient (Wildman–Crippen LogP) is 11.6. The molecule has 3 heterocycles. The Morgan fingerprint density at radius 3 is 1.79 bits per heavy atom. The van der Waals surface area contributed by atoms with Crippen LogP contribution in [0.15, 0.2) is 174 Å². The van der Waals surface area contributed by atoms with Gasteiger partial charge in [0.1, 0.15) is 17.0 Å². The van der Waals surface area contributed by atoms with E-state index in [0.29, 0.717) is 17.5 Å². The Morgan fingerprint density at radius 2 is 0.981 bits per heavy atom. The van der Waals surface area contributed by atoms with Crippen molar-refractivity contribution in [2.75, 3.05) is 0 Å². The Labute approximate surface area is 299 Å². The second-order valence-corrected chi connectivity index (χ2v) is 12.8. The van der Waals surface area contributed by atoms with Crippen LogP contribution in [0.4, 0.5) is 0 Å². The Hall–Kier alpha value is -7.18. The van der Waals surface area contributed by atoms with Crippen molar-refractivity contribution >= 4 is 33.0 Å². The molecule has 0 aliphatic heterocycles. The number of aromatic amines is 1. The third-order valence-corrected chi connectivity index (χ3v) is 9.51. The molecule has 0 bridgehead atoms. The Morgan fingerprint density at radius 1 is 0.385 bits per heavy atom. The number of nitrogens with zero attached hydrogens (tertiary/aromatic N) is 4. The third kappa shape index (κ3) is 5.30. The summed E-state index contributed by atoms with van der Waals surface area (Å²) in [6, 6.07) is 57.8. The second kappa shape index (κ2) is 12.3. The zero-order valence-corrected chi connectivity index (χ0v) is 27.9. The lowest BCUT2D eigenvalue weighted by Crippen LogP contribution is -2.00. The summed E-state index contributed by atoms with van der Waals surface area (Å²) in [7, 11) is 0. The van der Waals surface area contributed by atoms with Crippen molar-refractivity contribution in [3.63, 3.8) is 0 Å². The summed E-state index contributed by atoms with van der Waals surface area (Å²) in [4.78, 5) is 23.4. The molecule has 0 fully saturated rings. The lowest BCUT2D eigenvalue weighted by atomic mass is 9.99. The molecule has 10 rings (SSSR count). The van der Waals surface area contributed by atoms with Gasteiger partial charge in [0.2, 0.25) is 0 Å². The fraction of sp³-hybridized carbons (Fsp3) is 0. The molecule has 0 radical (unpaired) electrons. The van der Waals surface area contributed by atoms with E-state index >= 15 is 0 Å². The Bertz CT molecular complexity index is 2860. The van der Waals surface area contributed by atoms with Crippen molar-refractivity contribution in [2.45, 2.75) is 0 Å². The SMILES string of the molecule is c1ccc(-c2cccc(-c3nc(-c4ccccc4)nc(-c4cccc5oc6ccc(-c7ccc(-c8nc9ccccc9[nH]8)cc7)cc6c45)n3)c2)cc1. The molecule has 0 atom stereocenters. The van der Waals surface area contributed by atoms with E-state index in [4.69, 9.17) is 24.4 Å². The van der Waals surface area contributed by atoms with Crippen molar-refractivity contribution in [2.24, 2.45) is 0 Å². The van der Waals surface area contributed by atoms with Gasteiger partial charge in [0.15, 0.2) is 17.5 Å². The number of nitrogens with one attached hydrogen (secondary N) is 1. The van der Waals surface area contributed by atoms with Gasteiger partial charge < -0.3 is 9.40 Å². The van der Waals surface area contributed by atoms with E-state index in [-0.39, 0.29) is 0 Å². The molecule has 52 heavy (non-hydrogen) atoms. The summed E-state index contributed by atoms with van der Waals surface area (Å²) >= 11 is 0. The zero-order valence-electron chi connectivity index (χ0n) is 27.9.